The van der Waals surface area contributed by atoms with Crippen molar-refractivity contribution in [2.45, 2.75) is 0 Å². The number of rotatable bonds is 2. The fourth-order valence-electron chi connectivity index (χ4n) is 1.52. The van der Waals surface area contributed by atoms with Crippen molar-refractivity contribution in [3.05, 3.63) is 58.6 Å². The van der Waals surface area contributed by atoms with Crippen LogP contribution in [0, 0.1) is 11.6 Å². The lowest BCUT2D eigenvalue weighted by molar-refractivity contribution is 0.102. The van der Waals surface area contributed by atoms with Crippen molar-refractivity contribution < 1.29 is 13.6 Å². The first-order valence-electron chi connectivity index (χ1n) is 5.29. The Hall–Kier alpha value is -2.14. The summed E-state index contributed by atoms with van der Waals surface area (Å²) in [4.78, 5) is 11.9. The van der Waals surface area contributed by atoms with Gasteiger partial charge in [0.25, 0.3) is 5.91 Å². The Morgan fingerprint density at radius 3 is 2.63 bits per heavy atom. The van der Waals surface area contributed by atoms with Crippen molar-refractivity contribution in [1.29, 1.82) is 0 Å². The second-order valence-electron chi connectivity index (χ2n) is 3.78. The molecule has 3 N–H and O–H groups in total. The molecule has 98 valence electrons. The Balaban J connectivity index is 2.28. The van der Waals surface area contributed by atoms with E-state index in [1.807, 2.05) is 0 Å². The normalized spacial score (nSPS) is 10.3. The number of carbonyl (C=O) groups is 1. The van der Waals surface area contributed by atoms with Crippen LogP contribution in [-0.2, 0) is 0 Å². The lowest BCUT2D eigenvalue weighted by atomic mass is 10.1. The van der Waals surface area contributed by atoms with Gasteiger partial charge in [0.05, 0.1) is 22.0 Å². The van der Waals surface area contributed by atoms with Crippen LogP contribution < -0.4 is 11.1 Å². The molecule has 0 fully saturated rings. The van der Waals surface area contributed by atoms with E-state index in [4.69, 9.17) is 17.3 Å². The lowest BCUT2D eigenvalue weighted by Gasteiger charge is -2.09. The maximum absolute atomic E-state index is 13.4. The highest BCUT2D eigenvalue weighted by Gasteiger charge is 2.14. The standard InChI is InChI=1S/C13H9ClF2N2O/c14-9-3-1-2-8(12(9)17)13(19)18-11-5-4-7(15)6-10(11)16/h1-6H,17H2,(H,18,19). The van der Waals surface area contributed by atoms with Gasteiger partial charge in [-0.05, 0) is 24.3 Å². The maximum atomic E-state index is 13.4. The number of nitrogens with two attached hydrogens (primary N) is 1. The summed E-state index contributed by atoms with van der Waals surface area (Å²) in [5.41, 5.74) is 5.74. The van der Waals surface area contributed by atoms with Gasteiger partial charge in [0.1, 0.15) is 11.6 Å². The van der Waals surface area contributed by atoms with Crippen LogP contribution in [0.5, 0.6) is 0 Å². The number of hydrogen-bond donors (Lipinski definition) is 2. The molecule has 0 radical (unpaired) electrons. The summed E-state index contributed by atoms with van der Waals surface area (Å²) in [7, 11) is 0. The van der Waals surface area contributed by atoms with E-state index >= 15 is 0 Å². The van der Waals surface area contributed by atoms with E-state index in [0.29, 0.717) is 6.07 Å². The van der Waals surface area contributed by atoms with Gasteiger partial charge in [-0.15, -0.1) is 0 Å². The second-order valence-corrected chi connectivity index (χ2v) is 4.19. The van der Waals surface area contributed by atoms with E-state index in [2.05, 4.69) is 5.32 Å². The molecule has 0 aliphatic rings. The van der Waals surface area contributed by atoms with Gasteiger partial charge in [-0.3, -0.25) is 4.79 Å². The molecule has 0 bridgehead atoms. The highest BCUT2D eigenvalue weighted by Crippen LogP contribution is 2.24. The third-order valence-corrected chi connectivity index (χ3v) is 2.81. The van der Waals surface area contributed by atoms with Crippen LogP contribution in [0.15, 0.2) is 36.4 Å². The second kappa shape index (κ2) is 5.24. The van der Waals surface area contributed by atoms with Crippen LogP contribution in [0.3, 0.4) is 0 Å². The number of amides is 1. The molecule has 0 unspecified atom stereocenters. The summed E-state index contributed by atoms with van der Waals surface area (Å²) >= 11 is 5.78. The number of carbonyl (C=O) groups excluding carboxylic acids is 1. The Bertz CT molecular complexity index is 647. The van der Waals surface area contributed by atoms with Crippen LogP contribution in [0.2, 0.25) is 5.02 Å². The molecule has 2 aromatic carbocycles. The third kappa shape index (κ3) is 2.82. The fourth-order valence-corrected chi connectivity index (χ4v) is 1.69. The number of halogens is 3. The van der Waals surface area contributed by atoms with Crippen molar-refractivity contribution in [3.63, 3.8) is 0 Å². The zero-order chi connectivity index (χ0) is 14.0. The average Bonchev–Trinajstić information content (AvgIpc) is 2.36. The van der Waals surface area contributed by atoms with Gasteiger partial charge in [0, 0.05) is 6.07 Å². The number of anilines is 2. The average molecular weight is 283 g/mol. The predicted molar refractivity (Wildman–Crippen MR) is 70.2 cm³/mol. The smallest absolute Gasteiger partial charge is 0.257 e. The van der Waals surface area contributed by atoms with Gasteiger partial charge >= 0.3 is 0 Å². The van der Waals surface area contributed by atoms with Crippen molar-refractivity contribution in [2.24, 2.45) is 0 Å². The van der Waals surface area contributed by atoms with E-state index in [0.717, 1.165) is 12.1 Å². The number of nitrogen functional groups attached to an aromatic ring is 1. The summed E-state index contributed by atoms with van der Waals surface area (Å²) in [5.74, 6) is -2.21. The van der Waals surface area contributed by atoms with Crippen LogP contribution in [0.1, 0.15) is 10.4 Å². The van der Waals surface area contributed by atoms with Gasteiger partial charge in [-0.2, -0.15) is 0 Å². The predicted octanol–water partition coefficient (Wildman–Crippen LogP) is 3.45. The molecule has 3 nitrogen and oxygen atoms in total. The molecule has 0 aromatic heterocycles. The molecule has 0 heterocycles. The van der Waals surface area contributed by atoms with Gasteiger partial charge < -0.3 is 11.1 Å². The summed E-state index contributed by atoms with van der Waals surface area (Å²) in [5, 5.41) is 2.53. The molecule has 0 aliphatic heterocycles. The molecule has 0 saturated carbocycles. The van der Waals surface area contributed by atoms with Crippen molar-refractivity contribution >= 4 is 28.9 Å². The van der Waals surface area contributed by atoms with Gasteiger partial charge in [-0.1, -0.05) is 17.7 Å². The minimum atomic E-state index is -0.867. The van der Waals surface area contributed by atoms with Crippen molar-refractivity contribution in [1.82, 2.24) is 0 Å². The fraction of sp³-hybridized carbons (Fsp3) is 0. The Labute approximate surface area is 113 Å². The van der Waals surface area contributed by atoms with Crippen LogP contribution in [-0.4, -0.2) is 5.91 Å². The summed E-state index contributed by atoms with van der Waals surface area (Å²) < 4.78 is 26.1. The zero-order valence-electron chi connectivity index (χ0n) is 9.58. The minimum absolute atomic E-state index is 0.101. The Morgan fingerprint density at radius 2 is 1.95 bits per heavy atom. The van der Waals surface area contributed by atoms with Crippen molar-refractivity contribution in [2.75, 3.05) is 11.1 Å². The van der Waals surface area contributed by atoms with Crippen molar-refractivity contribution in [3.8, 4) is 0 Å². The van der Waals surface area contributed by atoms with Gasteiger partial charge in [-0.25, -0.2) is 8.78 Å². The SMILES string of the molecule is Nc1c(Cl)cccc1C(=O)Nc1ccc(F)cc1F. The molecular weight excluding hydrogens is 274 g/mol. The lowest BCUT2D eigenvalue weighted by Crippen LogP contribution is -2.15. The summed E-state index contributed by atoms with van der Waals surface area (Å²) in [6.45, 7) is 0. The first kappa shape index (κ1) is 13.3. The van der Waals surface area contributed by atoms with E-state index < -0.39 is 17.5 Å². The monoisotopic (exact) mass is 282 g/mol. The van der Waals surface area contributed by atoms with Gasteiger partial charge in [0.15, 0.2) is 0 Å². The summed E-state index contributed by atoms with van der Waals surface area (Å²) in [6.07, 6.45) is 0. The van der Waals surface area contributed by atoms with E-state index in [1.165, 1.54) is 12.1 Å². The topological polar surface area (TPSA) is 55.1 Å². The first-order valence-corrected chi connectivity index (χ1v) is 5.67. The number of para-hydroxylation sites is 1. The highest BCUT2D eigenvalue weighted by molar-refractivity contribution is 6.34. The molecule has 0 aliphatic carbocycles. The number of hydrogen-bond acceptors (Lipinski definition) is 2. The minimum Gasteiger partial charge on any atom is -0.397 e. The molecule has 0 spiro atoms. The molecule has 0 saturated heterocycles. The molecule has 6 heteroatoms. The highest BCUT2D eigenvalue weighted by atomic mass is 35.5. The van der Waals surface area contributed by atoms with Gasteiger partial charge in [0.2, 0.25) is 0 Å². The quantitative estimate of drug-likeness (QED) is 0.829. The molecule has 1 amide bonds. The zero-order valence-corrected chi connectivity index (χ0v) is 10.3. The van der Waals surface area contributed by atoms with Crippen LogP contribution >= 0.6 is 11.6 Å². The van der Waals surface area contributed by atoms with E-state index in [1.54, 1.807) is 6.07 Å². The molecule has 0 atom stereocenters. The van der Waals surface area contributed by atoms with E-state index in [9.17, 15) is 13.6 Å². The van der Waals surface area contributed by atoms with Crippen LogP contribution in [0.25, 0.3) is 0 Å². The third-order valence-electron chi connectivity index (χ3n) is 2.48. The Morgan fingerprint density at radius 1 is 1.21 bits per heavy atom. The Kier molecular flexibility index (Phi) is 3.66. The molecule has 19 heavy (non-hydrogen) atoms. The number of benzene rings is 2. The van der Waals surface area contributed by atoms with E-state index in [-0.39, 0.29) is 22.0 Å². The molecular formula is C13H9ClF2N2O. The maximum Gasteiger partial charge on any atom is 0.257 e. The molecule has 2 aromatic rings. The molecule has 2 rings (SSSR count). The summed E-state index contributed by atoms with van der Waals surface area (Å²) in [6, 6.07) is 7.39. The first-order chi connectivity index (χ1) is 8.99. The number of nitrogens with one attached hydrogen (secondary N) is 1. The van der Waals surface area contributed by atoms with Crippen LogP contribution in [0.4, 0.5) is 20.2 Å². The largest absolute Gasteiger partial charge is 0.397 e.